The van der Waals surface area contributed by atoms with E-state index in [2.05, 4.69) is 20.1 Å². The normalized spacial score (nSPS) is 11.0. The zero-order valence-electron chi connectivity index (χ0n) is 16.4. The molecule has 1 N–H and O–H groups in total. The molecular formula is C23H18N4O3. The summed E-state index contributed by atoms with van der Waals surface area (Å²) >= 11 is 0. The molecule has 0 saturated heterocycles. The molecule has 0 bridgehead atoms. The van der Waals surface area contributed by atoms with E-state index in [0.717, 1.165) is 33.5 Å². The van der Waals surface area contributed by atoms with Crippen molar-refractivity contribution < 1.29 is 14.0 Å². The Balaban J connectivity index is 1.42. The van der Waals surface area contributed by atoms with Crippen molar-refractivity contribution in [1.29, 1.82) is 0 Å². The average Bonchev–Trinajstić information content (AvgIpc) is 3.46. The van der Waals surface area contributed by atoms with Gasteiger partial charge in [-0.25, -0.2) is 4.98 Å². The van der Waals surface area contributed by atoms with Crippen LogP contribution in [0.2, 0.25) is 0 Å². The minimum atomic E-state index is 0.410. The predicted octanol–water partition coefficient (Wildman–Crippen LogP) is 4.96. The number of nitrogens with zero attached hydrogens (tertiary/aromatic N) is 3. The van der Waals surface area contributed by atoms with Crippen LogP contribution < -0.4 is 9.47 Å². The van der Waals surface area contributed by atoms with Gasteiger partial charge in [0, 0.05) is 16.7 Å². The van der Waals surface area contributed by atoms with E-state index in [1.165, 1.54) is 0 Å². The first-order valence-corrected chi connectivity index (χ1v) is 9.37. The number of hydrogen-bond acceptors (Lipinski definition) is 6. The molecule has 0 aliphatic heterocycles. The van der Waals surface area contributed by atoms with Gasteiger partial charge in [-0.3, -0.25) is 0 Å². The molecule has 148 valence electrons. The van der Waals surface area contributed by atoms with E-state index >= 15 is 0 Å². The van der Waals surface area contributed by atoms with E-state index < -0.39 is 0 Å². The van der Waals surface area contributed by atoms with E-state index in [-0.39, 0.29) is 0 Å². The lowest BCUT2D eigenvalue weighted by atomic mass is 10.1. The second-order valence-corrected chi connectivity index (χ2v) is 6.67. The summed E-state index contributed by atoms with van der Waals surface area (Å²) in [5.41, 5.74) is 4.54. The average molecular weight is 398 g/mol. The second-order valence-electron chi connectivity index (χ2n) is 6.67. The fourth-order valence-corrected chi connectivity index (χ4v) is 3.29. The minimum absolute atomic E-state index is 0.410. The first kappa shape index (κ1) is 17.9. The molecule has 0 fully saturated rings. The molecule has 0 amide bonds. The summed E-state index contributed by atoms with van der Waals surface area (Å²) in [5, 5.41) is 4.12. The van der Waals surface area contributed by atoms with Crippen LogP contribution in [-0.2, 0) is 0 Å². The third-order valence-electron chi connectivity index (χ3n) is 4.86. The van der Waals surface area contributed by atoms with Crippen molar-refractivity contribution in [2.24, 2.45) is 0 Å². The number of aromatic nitrogens is 4. The lowest BCUT2D eigenvalue weighted by Crippen LogP contribution is -1.91. The Hall–Kier alpha value is -4.13. The Morgan fingerprint density at radius 2 is 1.50 bits per heavy atom. The molecular weight excluding hydrogens is 380 g/mol. The smallest absolute Gasteiger partial charge is 0.258 e. The number of nitrogens with one attached hydrogen (secondary N) is 1. The van der Waals surface area contributed by atoms with Gasteiger partial charge in [0.05, 0.1) is 25.3 Å². The summed E-state index contributed by atoms with van der Waals surface area (Å²) in [6, 6.07) is 21.3. The van der Waals surface area contributed by atoms with Crippen LogP contribution in [0, 0.1) is 0 Å². The molecule has 0 spiro atoms. The fraction of sp³-hybridized carbons (Fsp3) is 0.0870. The molecule has 0 saturated carbocycles. The van der Waals surface area contributed by atoms with E-state index in [9.17, 15) is 0 Å². The molecule has 3 aromatic carbocycles. The van der Waals surface area contributed by atoms with Crippen molar-refractivity contribution >= 4 is 11.0 Å². The van der Waals surface area contributed by atoms with Crippen molar-refractivity contribution in [3.05, 3.63) is 66.7 Å². The number of rotatable bonds is 5. The van der Waals surface area contributed by atoms with E-state index in [4.69, 9.17) is 14.0 Å². The fourth-order valence-electron chi connectivity index (χ4n) is 3.29. The summed E-state index contributed by atoms with van der Waals surface area (Å²) in [7, 11) is 3.18. The monoisotopic (exact) mass is 398 g/mol. The number of ether oxygens (including phenoxy) is 2. The minimum Gasteiger partial charge on any atom is -0.493 e. The van der Waals surface area contributed by atoms with Crippen LogP contribution in [0.4, 0.5) is 0 Å². The number of fused-ring (bicyclic) bond motifs is 1. The van der Waals surface area contributed by atoms with Crippen LogP contribution >= 0.6 is 0 Å². The third kappa shape index (κ3) is 3.16. The van der Waals surface area contributed by atoms with Gasteiger partial charge in [-0.15, -0.1) is 0 Å². The Kier molecular flexibility index (Phi) is 4.40. The molecule has 2 heterocycles. The predicted molar refractivity (Wildman–Crippen MR) is 113 cm³/mol. The van der Waals surface area contributed by atoms with Gasteiger partial charge in [0.15, 0.2) is 11.5 Å². The number of methoxy groups -OCH3 is 2. The first-order chi connectivity index (χ1) is 14.7. The van der Waals surface area contributed by atoms with Gasteiger partial charge in [0.25, 0.3) is 5.89 Å². The van der Waals surface area contributed by atoms with Gasteiger partial charge >= 0.3 is 0 Å². The zero-order chi connectivity index (χ0) is 20.5. The van der Waals surface area contributed by atoms with Crippen LogP contribution in [0.1, 0.15) is 0 Å². The number of para-hydroxylation sites is 2. The van der Waals surface area contributed by atoms with Crippen molar-refractivity contribution in [3.63, 3.8) is 0 Å². The maximum atomic E-state index is 5.46. The lowest BCUT2D eigenvalue weighted by molar-refractivity contribution is 0.355. The summed E-state index contributed by atoms with van der Waals surface area (Å²) in [6.07, 6.45) is 0. The van der Waals surface area contributed by atoms with E-state index in [1.807, 2.05) is 54.6 Å². The molecule has 7 nitrogen and oxygen atoms in total. The van der Waals surface area contributed by atoms with Crippen molar-refractivity contribution in [2.45, 2.75) is 0 Å². The number of aromatic amines is 1. The molecule has 0 aliphatic rings. The van der Waals surface area contributed by atoms with Crippen molar-refractivity contribution in [2.75, 3.05) is 14.2 Å². The molecule has 7 heteroatoms. The molecule has 0 radical (unpaired) electrons. The van der Waals surface area contributed by atoms with E-state index in [0.29, 0.717) is 23.2 Å². The quantitative estimate of drug-likeness (QED) is 0.450. The Morgan fingerprint density at radius 3 is 2.27 bits per heavy atom. The summed E-state index contributed by atoms with van der Waals surface area (Å²) in [4.78, 5) is 12.5. The summed E-state index contributed by atoms with van der Waals surface area (Å²) in [5.74, 6) is 2.98. The van der Waals surface area contributed by atoms with E-state index in [1.54, 1.807) is 26.4 Å². The zero-order valence-corrected chi connectivity index (χ0v) is 16.4. The van der Waals surface area contributed by atoms with Gasteiger partial charge in [0.1, 0.15) is 5.82 Å². The van der Waals surface area contributed by atoms with Gasteiger partial charge in [-0.2, -0.15) is 4.98 Å². The van der Waals surface area contributed by atoms with Gasteiger partial charge in [0.2, 0.25) is 5.82 Å². The highest BCUT2D eigenvalue weighted by Crippen LogP contribution is 2.32. The summed E-state index contributed by atoms with van der Waals surface area (Å²) in [6.45, 7) is 0. The van der Waals surface area contributed by atoms with Crippen LogP contribution in [0.5, 0.6) is 11.5 Å². The topological polar surface area (TPSA) is 86.1 Å². The Bertz CT molecular complexity index is 1290. The maximum absolute atomic E-state index is 5.46. The van der Waals surface area contributed by atoms with Gasteiger partial charge in [-0.1, -0.05) is 41.6 Å². The Morgan fingerprint density at radius 1 is 0.767 bits per heavy atom. The van der Waals surface area contributed by atoms with Gasteiger partial charge < -0.3 is 19.0 Å². The first-order valence-electron chi connectivity index (χ1n) is 9.37. The lowest BCUT2D eigenvalue weighted by Gasteiger charge is -2.07. The Labute approximate surface area is 172 Å². The number of imidazole rings is 1. The number of hydrogen-bond donors (Lipinski definition) is 1. The van der Waals surface area contributed by atoms with Crippen LogP contribution in [0.25, 0.3) is 45.3 Å². The third-order valence-corrected chi connectivity index (χ3v) is 4.86. The number of benzene rings is 3. The molecule has 0 unspecified atom stereocenters. The highest BCUT2D eigenvalue weighted by molar-refractivity contribution is 5.79. The van der Waals surface area contributed by atoms with Crippen molar-refractivity contribution in [3.8, 4) is 45.7 Å². The molecule has 2 aromatic heterocycles. The molecule has 0 aliphatic carbocycles. The van der Waals surface area contributed by atoms with Crippen LogP contribution in [0.3, 0.4) is 0 Å². The molecule has 30 heavy (non-hydrogen) atoms. The number of H-pyrrole nitrogens is 1. The highest BCUT2D eigenvalue weighted by Gasteiger charge is 2.14. The molecule has 0 atom stereocenters. The summed E-state index contributed by atoms with van der Waals surface area (Å²) < 4.78 is 16.1. The second kappa shape index (κ2) is 7.36. The maximum Gasteiger partial charge on any atom is 0.258 e. The molecule has 5 aromatic rings. The van der Waals surface area contributed by atoms with Gasteiger partial charge in [-0.05, 0) is 30.3 Å². The van der Waals surface area contributed by atoms with Crippen molar-refractivity contribution in [1.82, 2.24) is 20.1 Å². The highest BCUT2D eigenvalue weighted by atomic mass is 16.5. The largest absolute Gasteiger partial charge is 0.493 e. The molecule has 5 rings (SSSR count). The standard InChI is InChI=1S/C23H18N4O3/c1-28-19-12-11-16(13-20(19)29-2)23-26-22(27-30-23)15-9-7-14(8-10-15)21-24-17-5-3-4-6-18(17)25-21/h3-13H,1-2H3,(H,24,25). The van der Waals surface area contributed by atoms with Crippen LogP contribution in [-0.4, -0.2) is 34.3 Å². The van der Waals surface area contributed by atoms with Crippen LogP contribution in [0.15, 0.2) is 71.3 Å². The SMILES string of the molecule is COc1ccc(-c2nc(-c3ccc(-c4nc5ccccc5[nH]4)cc3)no2)cc1OC.